The summed E-state index contributed by atoms with van der Waals surface area (Å²) in [6.07, 6.45) is 1.15. The highest BCUT2D eigenvalue weighted by atomic mass is 32.2. The molecule has 0 fully saturated rings. The maximum atomic E-state index is 10.8. The van der Waals surface area contributed by atoms with Gasteiger partial charge in [-0.25, -0.2) is 5.48 Å². The number of rotatable bonds is 7. The number of carbonyl (C=O) groups is 1. The minimum atomic E-state index is -0.317. The second kappa shape index (κ2) is 8.49. The highest BCUT2D eigenvalue weighted by Gasteiger charge is 2.00. The van der Waals surface area contributed by atoms with Gasteiger partial charge in [-0.3, -0.25) is 10.0 Å². The molecule has 0 saturated heterocycles. The van der Waals surface area contributed by atoms with Gasteiger partial charge in [-0.05, 0) is 28.9 Å². The third-order valence-corrected chi connectivity index (χ3v) is 4.26. The summed E-state index contributed by atoms with van der Waals surface area (Å²) in [6, 6.07) is 18.9. The van der Waals surface area contributed by atoms with E-state index < -0.39 is 0 Å². The van der Waals surface area contributed by atoms with Gasteiger partial charge in [0.25, 0.3) is 0 Å². The molecule has 0 radical (unpaired) electrons. The van der Waals surface area contributed by atoms with E-state index in [-0.39, 0.29) is 5.91 Å². The van der Waals surface area contributed by atoms with Gasteiger partial charge in [-0.15, -0.1) is 0 Å². The summed E-state index contributed by atoms with van der Waals surface area (Å²) in [7, 11) is 0. The molecule has 0 aromatic heterocycles. The summed E-state index contributed by atoms with van der Waals surface area (Å²) in [5.74, 6) is 1.53. The Morgan fingerprint density at radius 2 is 1.67 bits per heavy atom. The van der Waals surface area contributed by atoms with Crippen LogP contribution in [0.4, 0.5) is 0 Å². The molecule has 2 aromatic carbocycles. The van der Waals surface area contributed by atoms with E-state index in [9.17, 15) is 4.79 Å². The van der Waals surface area contributed by atoms with Crippen molar-refractivity contribution >= 4 is 17.7 Å². The Labute approximate surface area is 129 Å². The first-order valence-corrected chi connectivity index (χ1v) is 8.10. The fourth-order valence-corrected chi connectivity index (χ4v) is 2.93. The van der Waals surface area contributed by atoms with Crippen LogP contribution < -0.4 is 5.48 Å². The van der Waals surface area contributed by atoms with Crippen LogP contribution in [0.3, 0.4) is 0 Å². The molecule has 0 aliphatic heterocycles. The van der Waals surface area contributed by atoms with E-state index in [2.05, 4.69) is 36.4 Å². The first-order valence-electron chi connectivity index (χ1n) is 6.94. The largest absolute Gasteiger partial charge is 0.289 e. The molecule has 1 amide bonds. The van der Waals surface area contributed by atoms with Gasteiger partial charge in [-0.1, -0.05) is 54.6 Å². The van der Waals surface area contributed by atoms with Crippen molar-refractivity contribution < 1.29 is 10.0 Å². The van der Waals surface area contributed by atoms with Gasteiger partial charge >= 0.3 is 0 Å². The van der Waals surface area contributed by atoms with E-state index >= 15 is 0 Å². The van der Waals surface area contributed by atoms with E-state index in [4.69, 9.17) is 5.21 Å². The topological polar surface area (TPSA) is 49.3 Å². The number of carbonyl (C=O) groups excluding carboxylic acids is 1. The Balaban J connectivity index is 1.77. The van der Waals surface area contributed by atoms with Crippen molar-refractivity contribution in [1.82, 2.24) is 5.48 Å². The standard InChI is InChI=1S/C17H19NO2S/c19-17(18-20)7-4-12-21-13-14-8-10-16(11-9-14)15-5-2-1-3-6-15/h1-3,5-6,8-11,20H,4,7,12-13H2,(H,18,19). The summed E-state index contributed by atoms with van der Waals surface area (Å²) < 4.78 is 0. The molecule has 21 heavy (non-hydrogen) atoms. The molecule has 2 aromatic rings. The molecule has 4 heteroatoms. The van der Waals surface area contributed by atoms with Crippen LogP contribution in [0.5, 0.6) is 0 Å². The van der Waals surface area contributed by atoms with Crippen molar-refractivity contribution in [3.8, 4) is 11.1 Å². The van der Waals surface area contributed by atoms with Crippen LogP contribution in [0.2, 0.25) is 0 Å². The second-order valence-electron chi connectivity index (χ2n) is 4.75. The van der Waals surface area contributed by atoms with Gasteiger partial charge in [0.05, 0.1) is 0 Å². The maximum Gasteiger partial charge on any atom is 0.243 e. The number of benzene rings is 2. The molecule has 2 rings (SSSR count). The van der Waals surface area contributed by atoms with Crippen LogP contribution >= 0.6 is 11.8 Å². The lowest BCUT2D eigenvalue weighted by atomic mass is 10.0. The molecular formula is C17H19NO2S. The fourth-order valence-electron chi connectivity index (χ4n) is 2.00. The Bertz CT molecular complexity index is 555. The monoisotopic (exact) mass is 301 g/mol. The number of hydrogen-bond donors (Lipinski definition) is 2. The molecular weight excluding hydrogens is 282 g/mol. The minimum Gasteiger partial charge on any atom is -0.289 e. The van der Waals surface area contributed by atoms with E-state index in [1.165, 1.54) is 16.7 Å². The zero-order chi connectivity index (χ0) is 14.9. The highest BCUT2D eigenvalue weighted by Crippen LogP contribution is 2.21. The molecule has 0 bridgehead atoms. The van der Waals surface area contributed by atoms with Gasteiger partial charge in [0.15, 0.2) is 0 Å². The van der Waals surface area contributed by atoms with Gasteiger partial charge in [0.2, 0.25) is 5.91 Å². The highest BCUT2D eigenvalue weighted by molar-refractivity contribution is 7.98. The smallest absolute Gasteiger partial charge is 0.243 e. The number of thioether (sulfide) groups is 1. The average molecular weight is 301 g/mol. The first kappa shape index (κ1) is 15.6. The number of nitrogens with one attached hydrogen (secondary N) is 1. The summed E-state index contributed by atoms with van der Waals surface area (Å²) in [6.45, 7) is 0. The third-order valence-electron chi connectivity index (χ3n) is 3.15. The summed E-state index contributed by atoms with van der Waals surface area (Å²) in [5, 5.41) is 8.38. The molecule has 110 valence electrons. The van der Waals surface area contributed by atoms with Crippen molar-refractivity contribution in [2.24, 2.45) is 0 Å². The zero-order valence-electron chi connectivity index (χ0n) is 11.8. The van der Waals surface area contributed by atoms with E-state index in [0.717, 1.165) is 17.9 Å². The van der Waals surface area contributed by atoms with Crippen LogP contribution in [0.1, 0.15) is 18.4 Å². The summed E-state index contributed by atoms with van der Waals surface area (Å²) >= 11 is 1.80. The lowest BCUT2D eigenvalue weighted by Crippen LogP contribution is -2.18. The molecule has 0 atom stereocenters. The Hall–Kier alpha value is -1.78. The van der Waals surface area contributed by atoms with Crippen LogP contribution in [0.15, 0.2) is 54.6 Å². The second-order valence-corrected chi connectivity index (χ2v) is 5.86. The quantitative estimate of drug-likeness (QED) is 0.463. The van der Waals surface area contributed by atoms with Crippen LogP contribution in [-0.2, 0) is 10.5 Å². The molecule has 3 nitrogen and oxygen atoms in total. The van der Waals surface area contributed by atoms with Crippen LogP contribution in [-0.4, -0.2) is 16.9 Å². The SMILES string of the molecule is O=C(CCCSCc1ccc(-c2ccccc2)cc1)NO. The van der Waals surface area contributed by atoms with Crippen molar-refractivity contribution in [1.29, 1.82) is 0 Å². The first-order chi connectivity index (χ1) is 10.3. The molecule has 2 N–H and O–H groups in total. The molecule has 0 aliphatic rings. The Morgan fingerprint density at radius 1 is 1.00 bits per heavy atom. The van der Waals surface area contributed by atoms with E-state index in [1.54, 1.807) is 17.2 Å². The van der Waals surface area contributed by atoms with Gasteiger partial charge in [0.1, 0.15) is 0 Å². The normalized spacial score (nSPS) is 10.3. The summed E-state index contributed by atoms with van der Waals surface area (Å²) in [4.78, 5) is 10.8. The third kappa shape index (κ3) is 5.25. The minimum absolute atomic E-state index is 0.317. The zero-order valence-corrected chi connectivity index (χ0v) is 12.6. The van der Waals surface area contributed by atoms with Gasteiger partial charge in [-0.2, -0.15) is 11.8 Å². The van der Waals surface area contributed by atoms with E-state index in [1.807, 2.05) is 18.2 Å². The van der Waals surface area contributed by atoms with Crippen molar-refractivity contribution in [3.63, 3.8) is 0 Å². The molecule has 0 unspecified atom stereocenters. The average Bonchev–Trinajstić information content (AvgIpc) is 2.55. The van der Waals surface area contributed by atoms with E-state index in [0.29, 0.717) is 6.42 Å². The Kier molecular flexibility index (Phi) is 6.31. The molecule has 0 heterocycles. The Morgan fingerprint density at radius 3 is 2.33 bits per heavy atom. The lowest BCUT2D eigenvalue weighted by Gasteiger charge is -2.05. The fraction of sp³-hybridized carbons (Fsp3) is 0.235. The molecule has 0 spiro atoms. The number of hydrogen-bond acceptors (Lipinski definition) is 3. The van der Waals surface area contributed by atoms with Gasteiger partial charge < -0.3 is 0 Å². The van der Waals surface area contributed by atoms with Crippen molar-refractivity contribution in [2.45, 2.75) is 18.6 Å². The predicted molar refractivity (Wildman–Crippen MR) is 87.2 cm³/mol. The number of amides is 1. The lowest BCUT2D eigenvalue weighted by molar-refractivity contribution is -0.129. The van der Waals surface area contributed by atoms with Crippen LogP contribution in [0, 0.1) is 0 Å². The summed E-state index contributed by atoms with van der Waals surface area (Å²) in [5.41, 5.74) is 5.39. The van der Waals surface area contributed by atoms with Crippen LogP contribution in [0.25, 0.3) is 11.1 Å². The maximum absolute atomic E-state index is 10.8. The van der Waals surface area contributed by atoms with Crippen molar-refractivity contribution in [2.75, 3.05) is 5.75 Å². The predicted octanol–water partition coefficient (Wildman–Crippen LogP) is 3.87. The van der Waals surface area contributed by atoms with Gasteiger partial charge in [0, 0.05) is 12.2 Å². The molecule has 0 aliphatic carbocycles. The number of hydroxylamine groups is 1. The van der Waals surface area contributed by atoms with Crippen molar-refractivity contribution in [3.05, 3.63) is 60.2 Å². The molecule has 0 saturated carbocycles.